The lowest BCUT2D eigenvalue weighted by molar-refractivity contribution is -0.702. The predicted octanol–water partition coefficient (Wildman–Crippen LogP) is 7.37. The molecule has 0 radical (unpaired) electrons. The van der Waals surface area contributed by atoms with Crippen LogP contribution in [0.2, 0.25) is 0 Å². The third-order valence-electron chi connectivity index (χ3n) is 5.76. The zero-order chi connectivity index (χ0) is 18.9. The summed E-state index contributed by atoms with van der Waals surface area (Å²) in [6.07, 6.45) is 27.1. The molecule has 0 saturated carbocycles. The fraction of sp³-hybridized carbons (Fsp3) is 0.875. The van der Waals surface area contributed by atoms with Gasteiger partial charge in [0.05, 0.1) is 13.1 Å². The smallest absolute Gasteiger partial charge is 0.234 e. The second-order valence-electron chi connectivity index (χ2n) is 8.18. The average Bonchev–Trinajstić information content (AvgIpc) is 2.99. The van der Waals surface area contributed by atoms with Crippen LogP contribution in [0.5, 0.6) is 0 Å². The summed E-state index contributed by atoms with van der Waals surface area (Å²) in [7, 11) is 0. The molecule has 1 aromatic heterocycles. The Morgan fingerprint density at radius 3 is 1.65 bits per heavy atom. The summed E-state index contributed by atoms with van der Waals surface area (Å²) < 4.78 is 4.91. The van der Waals surface area contributed by atoms with Crippen molar-refractivity contribution in [3.8, 4) is 0 Å². The van der Waals surface area contributed by atoms with Gasteiger partial charge in [0.15, 0.2) is 0 Å². The lowest BCUT2D eigenvalue weighted by atomic mass is 10.1. The van der Waals surface area contributed by atoms with Crippen LogP contribution in [0.4, 0.5) is 0 Å². The average molecular weight is 364 g/mol. The number of rotatable bonds is 18. The number of aromatic nitrogens is 2. The zero-order valence-corrected chi connectivity index (χ0v) is 18.3. The highest BCUT2D eigenvalue weighted by Gasteiger charge is 2.11. The second-order valence-corrected chi connectivity index (χ2v) is 8.18. The van der Waals surface area contributed by atoms with Crippen molar-refractivity contribution in [1.82, 2.24) is 4.57 Å². The lowest BCUT2D eigenvalue weighted by Crippen LogP contribution is -2.35. The van der Waals surface area contributed by atoms with Gasteiger partial charge in [-0.2, -0.15) is 0 Å². The summed E-state index contributed by atoms with van der Waals surface area (Å²) in [6.45, 7) is 9.26. The molecule has 0 unspecified atom stereocenters. The van der Waals surface area contributed by atoms with Crippen LogP contribution in [-0.2, 0) is 13.1 Å². The van der Waals surface area contributed by atoms with Gasteiger partial charge in [0, 0.05) is 6.92 Å². The van der Waals surface area contributed by atoms with E-state index >= 15 is 0 Å². The fourth-order valence-corrected chi connectivity index (χ4v) is 3.85. The molecule has 0 fully saturated rings. The molecule has 0 aliphatic heterocycles. The highest BCUT2D eigenvalue weighted by atomic mass is 15.1. The molecule has 0 N–H and O–H groups in total. The van der Waals surface area contributed by atoms with Crippen molar-refractivity contribution in [1.29, 1.82) is 0 Å². The van der Waals surface area contributed by atoms with Crippen LogP contribution in [0.15, 0.2) is 12.4 Å². The number of hydrogen-bond donors (Lipinski definition) is 0. The van der Waals surface area contributed by atoms with E-state index in [1.807, 2.05) is 0 Å². The molecule has 1 aromatic rings. The SMILES string of the molecule is CCCCCCCCCCCCCn1cc[n+](CCCCCCC)c1C. The van der Waals surface area contributed by atoms with Gasteiger partial charge >= 0.3 is 0 Å². The zero-order valence-electron chi connectivity index (χ0n) is 18.3. The molecule has 0 saturated heterocycles. The first kappa shape index (κ1) is 23.2. The first-order valence-electron chi connectivity index (χ1n) is 11.8. The Hall–Kier alpha value is -0.790. The third kappa shape index (κ3) is 11.0. The normalized spacial score (nSPS) is 11.3. The van der Waals surface area contributed by atoms with Crippen molar-refractivity contribution >= 4 is 0 Å². The summed E-state index contributed by atoms with van der Waals surface area (Å²) in [5, 5.41) is 0. The van der Waals surface area contributed by atoms with Crippen molar-refractivity contribution in [2.45, 2.75) is 137 Å². The van der Waals surface area contributed by atoms with Crippen molar-refractivity contribution in [3.63, 3.8) is 0 Å². The first-order chi connectivity index (χ1) is 12.8. The van der Waals surface area contributed by atoms with Crippen molar-refractivity contribution in [2.24, 2.45) is 0 Å². The van der Waals surface area contributed by atoms with E-state index in [0.717, 1.165) is 0 Å². The molecule has 0 aromatic carbocycles. The molecule has 0 aliphatic rings. The van der Waals surface area contributed by atoms with Gasteiger partial charge in [0.1, 0.15) is 12.4 Å². The second kappa shape index (κ2) is 16.4. The summed E-state index contributed by atoms with van der Waals surface area (Å²) in [6, 6.07) is 0. The number of imidazole rings is 1. The Morgan fingerprint density at radius 1 is 0.654 bits per heavy atom. The molecule has 0 atom stereocenters. The quantitative estimate of drug-likeness (QED) is 0.190. The number of aryl methyl sites for hydroxylation is 2. The molecule has 2 nitrogen and oxygen atoms in total. The van der Waals surface area contributed by atoms with Gasteiger partial charge in [-0.25, -0.2) is 9.13 Å². The van der Waals surface area contributed by atoms with Crippen LogP contribution >= 0.6 is 0 Å². The number of unbranched alkanes of at least 4 members (excludes halogenated alkanes) is 14. The molecular formula is C24H47N2+. The third-order valence-corrected chi connectivity index (χ3v) is 5.76. The minimum Gasteiger partial charge on any atom is -0.234 e. The van der Waals surface area contributed by atoms with Crippen LogP contribution in [0.25, 0.3) is 0 Å². The van der Waals surface area contributed by atoms with Gasteiger partial charge in [0.2, 0.25) is 0 Å². The molecule has 26 heavy (non-hydrogen) atoms. The van der Waals surface area contributed by atoms with Crippen LogP contribution in [0.3, 0.4) is 0 Å². The largest absolute Gasteiger partial charge is 0.253 e. The van der Waals surface area contributed by atoms with E-state index in [-0.39, 0.29) is 0 Å². The van der Waals surface area contributed by atoms with Gasteiger partial charge in [0.25, 0.3) is 5.82 Å². The lowest BCUT2D eigenvalue weighted by Gasteiger charge is -2.03. The van der Waals surface area contributed by atoms with Gasteiger partial charge in [-0.05, 0) is 25.7 Å². The maximum atomic E-state index is 2.46. The van der Waals surface area contributed by atoms with E-state index in [0.29, 0.717) is 0 Å². The number of nitrogens with zero attached hydrogens (tertiary/aromatic N) is 2. The molecular weight excluding hydrogens is 316 g/mol. The Bertz CT molecular complexity index is 422. The molecule has 1 rings (SSSR count). The van der Waals surface area contributed by atoms with E-state index in [2.05, 4.69) is 42.3 Å². The monoisotopic (exact) mass is 363 g/mol. The Labute approximate surface area is 164 Å². The molecule has 0 spiro atoms. The van der Waals surface area contributed by atoms with Gasteiger partial charge in [-0.15, -0.1) is 0 Å². The summed E-state index contributed by atoms with van der Waals surface area (Å²) >= 11 is 0. The van der Waals surface area contributed by atoms with Gasteiger partial charge in [-0.1, -0.05) is 90.9 Å². The van der Waals surface area contributed by atoms with Crippen molar-refractivity contribution in [3.05, 3.63) is 18.2 Å². The predicted molar refractivity (Wildman–Crippen MR) is 115 cm³/mol. The Balaban J connectivity index is 2.00. The molecule has 0 aliphatic carbocycles. The van der Waals surface area contributed by atoms with Crippen LogP contribution in [-0.4, -0.2) is 4.57 Å². The van der Waals surface area contributed by atoms with Crippen LogP contribution in [0, 0.1) is 6.92 Å². The van der Waals surface area contributed by atoms with Crippen LogP contribution in [0.1, 0.15) is 122 Å². The Kier molecular flexibility index (Phi) is 14.7. The standard InChI is InChI=1S/C24H47N2/c1-4-6-8-10-11-12-13-14-15-17-19-21-26-23-22-25(24(26)3)20-18-16-9-7-5-2/h22-23H,4-21H2,1-3H3/q+1. The van der Waals surface area contributed by atoms with Gasteiger partial charge in [-0.3, -0.25) is 0 Å². The molecule has 1 heterocycles. The van der Waals surface area contributed by atoms with Crippen molar-refractivity contribution < 1.29 is 4.57 Å². The molecule has 152 valence electrons. The maximum absolute atomic E-state index is 2.46. The molecule has 0 amide bonds. The van der Waals surface area contributed by atoms with E-state index < -0.39 is 0 Å². The molecule has 2 heteroatoms. The highest BCUT2D eigenvalue weighted by molar-refractivity contribution is 4.79. The molecule has 0 bridgehead atoms. The van der Waals surface area contributed by atoms with Crippen LogP contribution < -0.4 is 4.57 Å². The van der Waals surface area contributed by atoms with E-state index in [4.69, 9.17) is 0 Å². The maximum Gasteiger partial charge on any atom is 0.253 e. The topological polar surface area (TPSA) is 8.81 Å². The number of hydrogen-bond acceptors (Lipinski definition) is 0. The van der Waals surface area contributed by atoms with E-state index in [1.165, 1.54) is 122 Å². The van der Waals surface area contributed by atoms with Gasteiger partial charge < -0.3 is 0 Å². The fourth-order valence-electron chi connectivity index (χ4n) is 3.85. The van der Waals surface area contributed by atoms with E-state index in [9.17, 15) is 0 Å². The Morgan fingerprint density at radius 2 is 1.12 bits per heavy atom. The summed E-state index contributed by atoms with van der Waals surface area (Å²) in [5.74, 6) is 1.44. The summed E-state index contributed by atoms with van der Waals surface area (Å²) in [5.41, 5.74) is 0. The highest BCUT2D eigenvalue weighted by Crippen LogP contribution is 2.12. The van der Waals surface area contributed by atoms with Crippen molar-refractivity contribution in [2.75, 3.05) is 0 Å². The summed E-state index contributed by atoms with van der Waals surface area (Å²) in [4.78, 5) is 0. The van der Waals surface area contributed by atoms with E-state index in [1.54, 1.807) is 0 Å². The minimum atomic E-state index is 1.20. The minimum absolute atomic E-state index is 1.20. The first-order valence-corrected chi connectivity index (χ1v) is 11.8.